The minimum absolute atomic E-state index is 0.111. The third-order valence-corrected chi connectivity index (χ3v) is 7.04. The lowest BCUT2D eigenvalue weighted by Crippen LogP contribution is -2.41. The van der Waals surface area contributed by atoms with E-state index in [1.807, 2.05) is 32.9 Å². The van der Waals surface area contributed by atoms with Gasteiger partial charge in [-0.25, -0.2) is 8.42 Å². The molecule has 0 radical (unpaired) electrons. The third-order valence-electron chi connectivity index (χ3n) is 5.00. The van der Waals surface area contributed by atoms with Crippen molar-refractivity contribution in [1.29, 1.82) is 0 Å². The highest BCUT2D eigenvalue weighted by Gasteiger charge is 2.27. The number of aryl methyl sites for hydroxylation is 2. The molecule has 31 heavy (non-hydrogen) atoms. The van der Waals surface area contributed by atoms with E-state index in [2.05, 4.69) is 11.4 Å². The summed E-state index contributed by atoms with van der Waals surface area (Å²) in [6.07, 6.45) is 0. The van der Waals surface area contributed by atoms with Gasteiger partial charge in [0.25, 0.3) is 10.0 Å². The standard InChI is InChI=1S/C24H25ClN2O3S/c1-17-9-14-23(18(2)15-17)19(3)26-24(28)16-27(21-12-10-20(25)11-13-21)31(29,30)22-7-5-4-6-8-22/h4-15,19H,16H2,1-3H3,(H,26,28). The topological polar surface area (TPSA) is 66.5 Å². The van der Waals surface area contributed by atoms with Crippen molar-refractivity contribution in [2.45, 2.75) is 31.7 Å². The van der Waals surface area contributed by atoms with Crippen LogP contribution in [0.4, 0.5) is 5.69 Å². The molecule has 0 saturated heterocycles. The Morgan fingerprint density at radius 3 is 2.26 bits per heavy atom. The number of carbonyl (C=O) groups is 1. The van der Waals surface area contributed by atoms with Crippen molar-refractivity contribution in [3.63, 3.8) is 0 Å². The highest BCUT2D eigenvalue weighted by Crippen LogP contribution is 2.25. The van der Waals surface area contributed by atoms with Crippen LogP contribution in [0.15, 0.2) is 77.7 Å². The van der Waals surface area contributed by atoms with Gasteiger partial charge in [0.1, 0.15) is 6.54 Å². The molecule has 1 amide bonds. The molecular formula is C24H25ClN2O3S. The number of hydrogen-bond acceptors (Lipinski definition) is 3. The van der Waals surface area contributed by atoms with E-state index in [4.69, 9.17) is 11.6 Å². The SMILES string of the molecule is Cc1ccc(C(C)NC(=O)CN(c2ccc(Cl)cc2)S(=O)(=O)c2ccccc2)c(C)c1. The molecule has 1 atom stereocenters. The van der Waals surface area contributed by atoms with Crippen molar-refractivity contribution in [2.75, 3.05) is 10.8 Å². The van der Waals surface area contributed by atoms with Crippen molar-refractivity contribution in [3.8, 4) is 0 Å². The van der Waals surface area contributed by atoms with E-state index in [0.29, 0.717) is 10.7 Å². The van der Waals surface area contributed by atoms with Crippen LogP contribution < -0.4 is 9.62 Å². The maximum Gasteiger partial charge on any atom is 0.264 e. The number of rotatable bonds is 7. The summed E-state index contributed by atoms with van der Waals surface area (Å²) in [7, 11) is -3.95. The van der Waals surface area contributed by atoms with Crippen LogP contribution >= 0.6 is 11.6 Å². The summed E-state index contributed by atoms with van der Waals surface area (Å²) in [6.45, 7) is 5.53. The maximum absolute atomic E-state index is 13.3. The van der Waals surface area contributed by atoms with Gasteiger partial charge in [-0.2, -0.15) is 0 Å². The fourth-order valence-electron chi connectivity index (χ4n) is 3.45. The van der Waals surface area contributed by atoms with Crippen LogP contribution in [0, 0.1) is 13.8 Å². The number of nitrogens with one attached hydrogen (secondary N) is 1. The number of carbonyl (C=O) groups excluding carboxylic acids is 1. The quantitative estimate of drug-likeness (QED) is 0.542. The first-order chi connectivity index (χ1) is 14.7. The molecule has 0 heterocycles. The summed E-state index contributed by atoms with van der Waals surface area (Å²) >= 11 is 5.97. The minimum atomic E-state index is -3.95. The van der Waals surface area contributed by atoms with Gasteiger partial charge in [0.05, 0.1) is 16.6 Å². The lowest BCUT2D eigenvalue weighted by molar-refractivity contribution is -0.120. The molecule has 0 spiro atoms. The Morgan fingerprint density at radius 1 is 1.00 bits per heavy atom. The molecule has 1 unspecified atom stereocenters. The summed E-state index contributed by atoms with van der Waals surface area (Å²) < 4.78 is 27.7. The number of benzene rings is 3. The first kappa shape index (κ1) is 22.8. The Bertz CT molecular complexity index is 1160. The van der Waals surface area contributed by atoms with Crippen molar-refractivity contribution in [3.05, 3.63) is 94.5 Å². The smallest absolute Gasteiger partial charge is 0.264 e. The Morgan fingerprint density at radius 2 is 1.65 bits per heavy atom. The van der Waals surface area contributed by atoms with Crippen molar-refractivity contribution in [2.24, 2.45) is 0 Å². The molecule has 1 N–H and O–H groups in total. The Kier molecular flexibility index (Phi) is 7.03. The lowest BCUT2D eigenvalue weighted by atomic mass is 10.0. The monoisotopic (exact) mass is 456 g/mol. The van der Waals surface area contributed by atoms with Gasteiger partial charge < -0.3 is 5.32 Å². The summed E-state index contributed by atoms with van der Waals surface area (Å²) in [4.78, 5) is 13.0. The van der Waals surface area contributed by atoms with Crippen LogP contribution in [0.3, 0.4) is 0 Å². The van der Waals surface area contributed by atoms with Crippen LogP contribution in [-0.2, 0) is 14.8 Å². The highest BCUT2D eigenvalue weighted by molar-refractivity contribution is 7.92. The molecule has 0 bridgehead atoms. The van der Waals surface area contributed by atoms with Crippen LogP contribution in [0.1, 0.15) is 29.7 Å². The largest absolute Gasteiger partial charge is 0.348 e. The molecule has 7 heteroatoms. The molecule has 0 saturated carbocycles. The average molecular weight is 457 g/mol. The third kappa shape index (κ3) is 5.46. The van der Waals surface area contributed by atoms with Gasteiger partial charge in [-0.3, -0.25) is 9.10 Å². The van der Waals surface area contributed by atoms with Crippen molar-refractivity contribution < 1.29 is 13.2 Å². The molecule has 0 aliphatic heterocycles. The number of nitrogens with zero attached hydrogens (tertiary/aromatic N) is 1. The first-order valence-electron chi connectivity index (χ1n) is 9.88. The molecule has 3 aromatic rings. The zero-order valence-electron chi connectivity index (χ0n) is 17.7. The highest BCUT2D eigenvalue weighted by atomic mass is 35.5. The van der Waals surface area contributed by atoms with Crippen molar-refractivity contribution >= 4 is 33.2 Å². The van der Waals surface area contributed by atoms with E-state index in [1.165, 1.54) is 12.1 Å². The normalized spacial score (nSPS) is 12.3. The zero-order chi connectivity index (χ0) is 22.6. The summed E-state index contributed by atoms with van der Waals surface area (Å²) in [6, 6.07) is 20.2. The van der Waals surface area contributed by atoms with E-state index < -0.39 is 15.9 Å². The van der Waals surface area contributed by atoms with Crippen LogP contribution in [-0.4, -0.2) is 20.9 Å². The van der Waals surface area contributed by atoms with E-state index >= 15 is 0 Å². The predicted molar refractivity (Wildman–Crippen MR) is 125 cm³/mol. The Labute approximate surface area is 188 Å². The number of amides is 1. The second-order valence-electron chi connectivity index (χ2n) is 7.45. The van der Waals surface area contributed by atoms with E-state index in [0.717, 1.165) is 21.0 Å². The fraction of sp³-hybridized carbons (Fsp3) is 0.208. The molecule has 0 aliphatic rings. The van der Waals surface area contributed by atoms with Crippen molar-refractivity contribution in [1.82, 2.24) is 5.32 Å². The zero-order valence-corrected chi connectivity index (χ0v) is 19.2. The molecular weight excluding hydrogens is 432 g/mol. The summed E-state index contributed by atoms with van der Waals surface area (Å²) in [5.74, 6) is -0.401. The van der Waals surface area contributed by atoms with Gasteiger partial charge in [-0.15, -0.1) is 0 Å². The number of hydrogen-bond donors (Lipinski definition) is 1. The van der Waals surface area contributed by atoms with Gasteiger partial charge in [-0.1, -0.05) is 53.6 Å². The van der Waals surface area contributed by atoms with Crippen LogP contribution in [0.2, 0.25) is 5.02 Å². The van der Waals surface area contributed by atoms with E-state index in [9.17, 15) is 13.2 Å². The molecule has 162 valence electrons. The van der Waals surface area contributed by atoms with Gasteiger partial charge in [0, 0.05) is 5.02 Å². The fourth-order valence-corrected chi connectivity index (χ4v) is 5.02. The second kappa shape index (κ2) is 9.54. The Balaban J connectivity index is 1.88. The molecule has 3 aromatic carbocycles. The maximum atomic E-state index is 13.3. The van der Waals surface area contributed by atoms with Crippen LogP contribution in [0.25, 0.3) is 0 Å². The average Bonchev–Trinajstić information content (AvgIpc) is 2.73. The molecule has 0 fully saturated rings. The van der Waals surface area contributed by atoms with Crippen LogP contribution in [0.5, 0.6) is 0 Å². The number of anilines is 1. The number of halogens is 1. The van der Waals surface area contributed by atoms with Gasteiger partial charge >= 0.3 is 0 Å². The van der Waals surface area contributed by atoms with Gasteiger partial charge in [0.15, 0.2) is 0 Å². The Hall–Kier alpha value is -2.83. The molecule has 5 nitrogen and oxygen atoms in total. The molecule has 0 aliphatic carbocycles. The summed E-state index contributed by atoms with van der Waals surface area (Å²) in [5, 5.41) is 3.40. The first-order valence-corrected chi connectivity index (χ1v) is 11.7. The molecule has 3 rings (SSSR count). The lowest BCUT2D eigenvalue weighted by Gasteiger charge is -2.25. The molecule has 0 aromatic heterocycles. The van der Waals surface area contributed by atoms with E-state index in [-0.39, 0.29) is 17.5 Å². The predicted octanol–water partition coefficient (Wildman–Crippen LogP) is 5.03. The van der Waals surface area contributed by atoms with Gasteiger partial charge in [-0.05, 0) is 68.3 Å². The van der Waals surface area contributed by atoms with Gasteiger partial charge in [0.2, 0.25) is 5.91 Å². The second-order valence-corrected chi connectivity index (χ2v) is 9.75. The van der Waals surface area contributed by atoms with E-state index in [1.54, 1.807) is 42.5 Å². The summed E-state index contributed by atoms with van der Waals surface area (Å²) in [5.41, 5.74) is 3.56. The number of sulfonamides is 1. The minimum Gasteiger partial charge on any atom is -0.348 e.